The molecule has 0 aliphatic heterocycles. The van der Waals surface area contributed by atoms with E-state index in [1.165, 1.54) is 28.7 Å². The Morgan fingerprint density at radius 2 is 1.55 bits per heavy atom. The van der Waals surface area contributed by atoms with Gasteiger partial charge in [0.25, 0.3) is 0 Å². The third kappa shape index (κ3) is 4.20. The molecule has 0 aromatic heterocycles. The van der Waals surface area contributed by atoms with E-state index >= 15 is 0 Å². The van der Waals surface area contributed by atoms with Crippen LogP contribution >= 0.6 is 0 Å². The van der Waals surface area contributed by atoms with Crippen LogP contribution in [0.4, 0.5) is 0 Å². The van der Waals surface area contributed by atoms with Crippen LogP contribution in [0.3, 0.4) is 0 Å². The largest absolute Gasteiger partial charge is 0.326 e. The van der Waals surface area contributed by atoms with Gasteiger partial charge >= 0.3 is 0 Å². The number of rotatable bonds is 6. The van der Waals surface area contributed by atoms with Crippen molar-refractivity contribution in [1.82, 2.24) is 0 Å². The molecule has 0 fully saturated rings. The van der Waals surface area contributed by atoms with E-state index in [0.29, 0.717) is 18.4 Å². The second kappa shape index (κ2) is 7.60. The van der Waals surface area contributed by atoms with Crippen molar-refractivity contribution in [3.63, 3.8) is 0 Å². The summed E-state index contributed by atoms with van der Waals surface area (Å²) in [5, 5.41) is 0. The molecule has 2 aromatic carbocycles. The predicted molar refractivity (Wildman–Crippen MR) is 96.8 cm³/mol. The van der Waals surface area contributed by atoms with Crippen LogP contribution in [-0.4, -0.2) is 0 Å². The minimum Gasteiger partial charge on any atom is -0.326 e. The van der Waals surface area contributed by atoms with Crippen LogP contribution in [0.15, 0.2) is 48.5 Å². The molecule has 0 saturated carbocycles. The van der Waals surface area contributed by atoms with Crippen molar-refractivity contribution in [3.05, 3.63) is 59.7 Å². The first kappa shape index (κ1) is 16.8. The molecule has 22 heavy (non-hydrogen) atoms. The minimum atomic E-state index is 0.593. The van der Waals surface area contributed by atoms with E-state index in [2.05, 4.69) is 76.2 Å². The van der Waals surface area contributed by atoms with Crippen molar-refractivity contribution in [2.75, 3.05) is 0 Å². The quantitative estimate of drug-likeness (QED) is 0.737. The van der Waals surface area contributed by atoms with Gasteiger partial charge in [0.05, 0.1) is 0 Å². The second-order valence-electron chi connectivity index (χ2n) is 7.01. The van der Waals surface area contributed by atoms with Crippen LogP contribution in [0.1, 0.15) is 51.2 Å². The molecule has 0 bridgehead atoms. The van der Waals surface area contributed by atoms with E-state index in [9.17, 15) is 0 Å². The van der Waals surface area contributed by atoms with Gasteiger partial charge in [-0.3, -0.25) is 0 Å². The highest BCUT2D eigenvalue weighted by molar-refractivity contribution is 5.64. The molecule has 0 aliphatic carbocycles. The Morgan fingerprint density at radius 3 is 2.09 bits per heavy atom. The van der Waals surface area contributed by atoms with Gasteiger partial charge in [-0.25, -0.2) is 0 Å². The Morgan fingerprint density at radius 1 is 0.864 bits per heavy atom. The average molecular weight is 295 g/mol. The fraction of sp³-hybridized carbons (Fsp3) is 0.429. The molecule has 0 heterocycles. The van der Waals surface area contributed by atoms with E-state index in [0.717, 1.165) is 5.92 Å². The summed E-state index contributed by atoms with van der Waals surface area (Å²) in [6.45, 7) is 9.86. The summed E-state index contributed by atoms with van der Waals surface area (Å²) < 4.78 is 0. The number of nitrogens with two attached hydrogens (primary N) is 1. The highest BCUT2D eigenvalue weighted by Crippen LogP contribution is 2.32. The lowest BCUT2D eigenvalue weighted by Crippen LogP contribution is -2.09. The molecule has 1 heteroatoms. The maximum Gasteiger partial charge on any atom is 0.0178 e. The van der Waals surface area contributed by atoms with Crippen molar-refractivity contribution < 1.29 is 0 Å². The molecular weight excluding hydrogens is 266 g/mol. The molecule has 2 aromatic rings. The number of hydrogen-bond acceptors (Lipinski definition) is 1. The molecule has 2 N–H and O–H groups in total. The summed E-state index contributed by atoms with van der Waals surface area (Å²) in [7, 11) is 0. The van der Waals surface area contributed by atoms with Gasteiger partial charge in [-0.2, -0.15) is 0 Å². The standard InChI is InChI=1S/C21H29N/c1-15(2)12-21(16(3)4)19-10-8-18(9-11-19)20-7-5-6-17(13-20)14-22/h5-11,13,15-16,21H,12,14,22H2,1-4H3. The monoisotopic (exact) mass is 295 g/mol. The van der Waals surface area contributed by atoms with Crippen molar-refractivity contribution in [2.45, 2.75) is 46.6 Å². The van der Waals surface area contributed by atoms with Crippen molar-refractivity contribution in [1.29, 1.82) is 0 Å². The van der Waals surface area contributed by atoms with Gasteiger partial charge in [-0.15, -0.1) is 0 Å². The molecule has 0 amide bonds. The maximum atomic E-state index is 5.74. The number of hydrogen-bond donors (Lipinski definition) is 1. The van der Waals surface area contributed by atoms with Gasteiger partial charge < -0.3 is 5.73 Å². The highest BCUT2D eigenvalue weighted by Gasteiger charge is 2.17. The smallest absolute Gasteiger partial charge is 0.0178 e. The summed E-state index contributed by atoms with van der Waals surface area (Å²) in [6.07, 6.45) is 1.25. The first-order valence-electron chi connectivity index (χ1n) is 8.40. The van der Waals surface area contributed by atoms with Gasteiger partial charge in [0.15, 0.2) is 0 Å². The molecule has 1 nitrogen and oxygen atoms in total. The second-order valence-corrected chi connectivity index (χ2v) is 7.01. The summed E-state index contributed by atoms with van der Waals surface area (Å²) in [5.41, 5.74) is 10.9. The normalized spacial score (nSPS) is 12.9. The number of benzene rings is 2. The van der Waals surface area contributed by atoms with Crippen LogP contribution in [0.5, 0.6) is 0 Å². The SMILES string of the molecule is CC(C)CC(c1ccc(-c2cccc(CN)c2)cc1)C(C)C. The average Bonchev–Trinajstić information content (AvgIpc) is 2.52. The highest BCUT2D eigenvalue weighted by atomic mass is 14.5. The van der Waals surface area contributed by atoms with E-state index < -0.39 is 0 Å². The summed E-state index contributed by atoms with van der Waals surface area (Å²) in [4.78, 5) is 0. The zero-order valence-electron chi connectivity index (χ0n) is 14.3. The molecule has 0 radical (unpaired) electrons. The molecule has 2 rings (SSSR count). The predicted octanol–water partition coefficient (Wildman–Crippen LogP) is 5.60. The van der Waals surface area contributed by atoms with E-state index in [4.69, 9.17) is 5.73 Å². The molecule has 0 spiro atoms. The molecule has 0 aliphatic rings. The maximum absolute atomic E-state index is 5.74. The molecule has 0 saturated heterocycles. The van der Waals surface area contributed by atoms with Gasteiger partial charge in [0.2, 0.25) is 0 Å². The van der Waals surface area contributed by atoms with Crippen LogP contribution in [0, 0.1) is 11.8 Å². The van der Waals surface area contributed by atoms with Gasteiger partial charge in [-0.05, 0) is 52.5 Å². The molecule has 118 valence electrons. The fourth-order valence-electron chi connectivity index (χ4n) is 3.10. The zero-order valence-corrected chi connectivity index (χ0v) is 14.3. The van der Waals surface area contributed by atoms with Crippen LogP contribution in [0.25, 0.3) is 11.1 Å². The topological polar surface area (TPSA) is 26.0 Å². The Kier molecular flexibility index (Phi) is 5.79. The van der Waals surface area contributed by atoms with E-state index in [1.807, 2.05) is 0 Å². The Labute approximate surface area is 135 Å². The van der Waals surface area contributed by atoms with Crippen molar-refractivity contribution in [2.24, 2.45) is 17.6 Å². The lowest BCUT2D eigenvalue weighted by atomic mass is 9.82. The molecule has 1 atom stereocenters. The third-order valence-corrected chi connectivity index (χ3v) is 4.36. The molecular formula is C21H29N. The van der Waals surface area contributed by atoms with Crippen molar-refractivity contribution >= 4 is 0 Å². The Hall–Kier alpha value is -1.60. The van der Waals surface area contributed by atoms with E-state index in [-0.39, 0.29) is 0 Å². The van der Waals surface area contributed by atoms with E-state index in [1.54, 1.807) is 0 Å². The van der Waals surface area contributed by atoms with Crippen LogP contribution in [-0.2, 0) is 6.54 Å². The first-order chi connectivity index (χ1) is 10.5. The Bertz CT molecular complexity index is 581. The summed E-state index contributed by atoms with van der Waals surface area (Å²) in [6, 6.07) is 17.6. The van der Waals surface area contributed by atoms with Gasteiger partial charge in [-0.1, -0.05) is 70.2 Å². The van der Waals surface area contributed by atoms with Crippen LogP contribution < -0.4 is 5.73 Å². The zero-order chi connectivity index (χ0) is 16.1. The van der Waals surface area contributed by atoms with Crippen molar-refractivity contribution in [3.8, 4) is 11.1 Å². The summed E-state index contributed by atoms with van der Waals surface area (Å²) >= 11 is 0. The van der Waals surface area contributed by atoms with Crippen LogP contribution in [0.2, 0.25) is 0 Å². The lowest BCUT2D eigenvalue weighted by molar-refractivity contribution is 0.408. The first-order valence-corrected chi connectivity index (χ1v) is 8.40. The summed E-state index contributed by atoms with van der Waals surface area (Å²) in [5.74, 6) is 2.05. The van der Waals surface area contributed by atoms with Gasteiger partial charge in [0.1, 0.15) is 0 Å². The van der Waals surface area contributed by atoms with Gasteiger partial charge in [0, 0.05) is 6.54 Å². The lowest BCUT2D eigenvalue weighted by Gasteiger charge is -2.23. The third-order valence-electron chi connectivity index (χ3n) is 4.36. The Balaban J connectivity index is 2.25. The minimum absolute atomic E-state index is 0.593. The molecule has 1 unspecified atom stereocenters. The fourth-order valence-corrected chi connectivity index (χ4v) is 3.10.